The molecule has 10 heteroatoms. The summed E-state index contributed by atoms with van der Waals surface area (Å²) in [5.41, 5.74) is 3.57. The number of hydrogen-bond donors (Lipinski definition) is 2. The molecule has 2 N–H and O–H groups in total. The highest BCUT2D eigenvalue weighted by Crippen LogP contribution is 2.19. The van der Waals surface area contributed by atoms with E-state index in [4.69, 9.17) is 4.74 Å². The van der Waals surface area contributed by atoms with Gasteiger partial charge in [0.1, 0.15) is 11.4 Å². The van der Waals surface area contributed by atoms with Crippen molar-refractivity contribution in [2.75, 3.05) is 16.9 Å². The summed E-state index contributed by atoms with van der Waals surface area (Å²) >= 11 is 0. The maximum atomic E-state index is 12.2. The Hall–Kier alpha value is -3.95. The van der Waals surface area contributed by atoms with Crippen LogP contribution in [0.1, 0.15) is 6.42 Å². The third-order valence-electron chi connectivity index (χ3n) is 3.89. The first-order chi connectivity index (χ1) is 14.4. The van der Waals surface area contributed by atoms with E-state index in [1.807, 2.05) is 0 Å². The molecule has 1 heterocycles. The molecule has 0 aromatic heterocycles. The molecule has 0 spiro atoms. The molecule has 1 aliphatic rings. The van der Waals surface area contributed by atoms with Crippen LogP contribution in [-0.2, 0) is 19.1 Å². The van der Waals surface area contributed by atoms with E-state index in [0.717, 1.165) is 0 Å². The summed E-state index contributed by atoms with van der Waals surface area (Å²) in [7, 11) is 0. The van der Waals surface area contributed by atoms with E-state index in [9.17, 15) is 23.2 Å². The standard InChI is InChI=1S/C20H17F2N3O5/c21-20(22)30-15-8-6-13(7-9-15)23-17(26)12-29-19(28)16-10-11-18(27)25(24-16)14-4-2-1-3-5-14/h1-10,20,24H,11-12H2,(H,23,26). The number of hydrogen-bond acceptors (Lipinski definition) is 6. The second-order valence-electron chi connectivity index (χ2n) is 6.03. The van der Waals surface area contributed by atoms with Crippen LogP contribution in [0.2, 0.25) is 0 Å². The van der Waals surface area contributed by atoms with Crippen molar-refractivity contribution in [1.29, 1.82) is 0 Å². The molecule has 0 aliphatic carbocycles. The van der Waals surface area contributed by atoms with Crippen LogP contribution in [0.5, 0.6) is 5.75 Å². The average molecular weight is 417 g/mol. The number of nitrogens with zero attached hydrogens (tertiary/aromatic N) is 1. The van der Waals surface area contributed by atoms with E-state index in [1.165, 1.54) is 35.4 Å². The fourth-order valence-corrected chi connectivity index (χ4v) is 2.55. The Morgan fingerprint density at radius 2 is 1.80 bits per heavy atom. The minimum absolute atomic E-state index is 0.00837. The monoisotopic (exact) mass is 417 g/mol. The number of alkyl halides is 2. The van der Waals surface area contributed by atoms with Gasteiger partial charge in [-0.25, -0.2) is 9.80 Å². The molecule has 0 atom stereocenters. The van der Waals surface area contributed by atoms with Crippen molar-refractivity contribution in [3.8, 4) is 5.75 Å². The molecule has 0 unspecified atom stereocenters. The first-order valence-electron chi connectivity index (χ1n) is 8.79. The molecule has 8 nitrogen and oxygen atoms in total. The van der Waals surface area contributed by atoms with Gasteiger partial charge in [-0.15, -0.1) is 0 Å². The lowest BCUT2D eigenvalue weighted by Crippen LogP contribution is -2.47. The van der Waals surface area contributed by atoms with Crippen LogP contribution in [0, 0.1) is 0 Å². The highest BCUT2D eigenvalue weighted by atomic mass is 19.3. The van der Waals surface area contributed by atoms with Crippen LogP contribution in [-0.4, -0.2) is 31.0 Å². The van der Waals surface area contributed by atoms with Crippen molar-refractivity contribution in [3.63, 3.8) is 0 Å². The maximum Gasteiger partial charge on any atom is 0.387 e. The summed E-state index contributed by atoms with van der Waals surface area (Å²) in [6.07, 6.45) is 1.37. The molecule has 1 aliphatic heterocycles. The predicted molar refractivity (Wildman–Crippen MR) is 102 cm³/mol. The van der Waals surface area contributed by atoms with Gasteiger partial charge in [0.15, 0.2) is 6.61 Å². The van der Waals surface area contributed by atoms with Gasteiger partial charge >= 0.3 is 12.6 Å². The summed E-state index contributed by atoms with van der Waals surface area (Å²) < 4.78 is 33.4. The van der Waals surface area contributed by atoms with E-state index >= 15 is 0 Å². The van der Waals surface area contributed by atoms with Gasteiger partial charge in [-0.05, 0) is 42.5 Å². The SMILES string of the molecule is O=C(COC(=O)C1=CCC(=O)N(c2ccccc2)N1)Nc1ccc(OC(F)F)cc1. The van der Waals surface area contributed by atoms with E-state index in [2.05, 4.69) is 15.5 Å². The Labute approximate surface area is 170 Å². The molecule has 3 rings (SSSR count). The number of amides is 2. The Kier molecular flexibility index (Phi) is 6.58. The molecule has 0 fully saturated rings. The van der Waals surface area contributed by atoms with Crippen molar-refractivity contribution in [3.05, 3.63) is 66.4 Å². The second-order valence-corrected chi connectivity index (χ2v) is 6.03. The van der Waals surface area contributed by atoms with E-state index in [1.54, 1.807) is 30.3 Å². The van der Waals surface area contributed by atoms with Crippen LogP contribution < -0.4 is 20.5 Å². The summed E-state index contributed by atoms with van der Waals surface area (Å²) in [4.78, 5) is 36.3. The number of nitrogens with one attached hydrogen (secondary N) is 2. The third-order valence-corrected chi connectivity index (χ3v) is 3.89. The molecule has 0 radical (unpaired) electrons. The third kappa shape index (κ3) is 5.53. The van der Waals surface area contributed by atoms with Crippen molar-refractivity contribution >= 4 is 29.2 Å². The minimum Gasteiger partial charge on any atom is -0.451 e. The molecule has 156 valence electrons. The molecule has 0 saturated heterocycles. The first-order valence-corrected chi connectivity index (χ1v) is 8.79. The summed E-state index contributed by atoms with van der Waals surface area (Å²) in [6.45, 7) is -3.52. The van der Waals surface area contributed by atoms with Gasteiger partial charge in [-0.2, -0.15) is 8.78 Å². The average Bonchev–Trinajstić information content (AvgIpc) is 2.74. The number of anilines is 2. The zero-order valence-electron chi connectivity index (χ0n) is 15.5. The number of para-hydroxylation sites is 1. The number of rotatable bonds is 7. The maximum absolute atomic E-state index is 12.2. The first kappa shape index (κ1) is 20.8. The molecule has 2 aromatic rings. The predicted octanol–water partition coefficient (Wildman–Crippen LogP) is 2.60. The summed E-state index contributed by atoms with van der Waals surface area (Å²) in [5, 5.41) is 3.68. The zero-order chi connectivity index (χ0) is 21.5. The number of hydrazine groups is 1. The molecule has 0 saturated carbocycles. The van der Waals surface area contributed by atoms with Gasteiger partial charge in [-0.3, -0.25) is 15.0 Å². The van der Waals surface area contributed by atoms with Crippen molar-refractivity contribution in [1.82, 2.24) is 5.43 Å². The Bertz CT molecular complexity index is 949. The number of carbonyl (C=O) groups is 3. The fourth-order valence-electron chi connectivity index (χ4n) is 2.55. The molecule has 2 aromatic carbocycles. The molecular formula is C20H17F2N3O5. The Balaban J connectivity index is 1.51. The summed E-state index contributed by atoms with van der Waals surface area (Å²) in [5.74, 6) is -1.74. The summed E-state index contributed by atoms with van der Waals surface area (Å²) in [6, 6.07) is 13.9. The molecule has 30 heavy (non-hydrogen) atoms. The molecule has 0 bridgehead atoms. The van der Waals surface area contributed by atoms with Crippen molar-refractivity contribution in [2.24, 2.45) is 0 Å². The quantitative estimate of drug-likeness (QED) is 0.673. The van der Waals surface area contributed by atoms with Gasteiger partial charge in [0, 0.05) is 12.1 Å². The molecular weight excluding hydrogens is 400 g/mol. The number of esters is 1. The van der Waals surface area contributed by atoms with Crippen molar-refractivity contribution < 1.29 is 32.6 Å². The van der Waals surface area contributed by atoms with Gasteiger partial charge in [0.25, 0.3) is 5.91 Å². The number of carbonyl (C=O) groups excluding carboxylic acids is 3. The Morgan fingerprint density at radius 1 is 1.10 bits per heavy atom. The van der Waals surface area contributed by atoms with Crippen LogP contribution in [0.25, 0.3) is 0 Å². The topological polar surface area (TPSA) is 97.0 Å². The van der Waals surface area contributed by atoms with E-state index < -0.39 is 25.1 Å². The number of benzene rings is 2. The lowest BCUT2D eigenvalue weighted by Gasteiger charge is -2.28. The lowest BCUT2D eigenvalue weighted by molar-refractivity contribution is -0.143. The van der Waals surface area contributed by atoms with E-state index in [0.29, 0.717) is 11.4 Å². The minimum atomic E-state index is -2.94. The normalized spacial score (nSPS) is 13.4. The van der Waals surface area contributed by atoms with Crippen LogP contribution in [0.3, 0.4) is 0 Å². The van der Waals surface area contributed by atoms with Crippen LogP contribution >= 0.6 is 0 Å². The van der Waals surface area contributed by atoms with Gasteiger partial charge in [-0.1, -0.05) is 18.2 Å². The highest BCUT2D eigenvalue weighted by Gasteiger charge is 2.25. The van der Waals surface area contributed by atoms with Gasteiger partial charge < -0.3 is 14.8 Å². The fraction of sp³-hybridized carbons (Fsp3) is 0.150. The van der Waals surface area contributed by atoms with Gasteiger partial charge in [0.2, 0.25) is 5.91 Å². The second kappa shape index (κ2) is 9.50. The Morgan fingerprint density at radius 3 is 2.47 bits per heavy atom. The zero-order valence-corrected chi connectivity index (χ0v) is 15.5. The molecule has 2 amide bonds. The highest BCUT2D eigenvalue weighted by molar-refractivity contribution is 6.00. The van der Waals surface area contributed by atoms with E-state index in [-0.39, 0.29) is 23.8 Å². The number of halogens is 2. The van der Waals surface area contributed by atoms with Crippen molar-refractivity contribution in [2.45, 2.75) is 13.0 Å². The van der Waals surface area contributed by atoms with Crippen LogP contribution in [0.15, 0.2) is 66.4 Å². The smallest absolute Gasteiger partial charge is 0.387 e. The van der Waals surface area contributed by atoms with Gasteiger partial charge in [0.05, 0.1) is 5.69 Å². The lowest BCUT2D eigenvalue weighted by atomic mass is 10.2. The van der Waals surface area contributed by atoms with Crippen LogP contribution in [0.4, 0.5) is 20.2 Å². The number of ether oxygens (including phenoxy) is 2. The largest absolute Gasteiger partial charge is 0.451 e.